The first-order valence-electron chi connectivity index (χ1n) is 20.3. The van der Waals surface area contributed by atoms with Gasteiger partial charge in [0.1, 0.15) is 29.9 Å². The number of amides is 5. The Morgan fingerprint density at radius 2 is 1.39 bits per heavy atom. The quantitative estimate of drug-likeness (QED) is 0.0291. The maximum absolute atomic E-state index is 14.2. The monoisotopic (exact) mass is 866 g/mol. The average Bonchev–Trinajstić information content (AvgIpc) is 3.66. The number of benzene rings is 4. The van der Waals surface area contributed by atoms with Crippen molar-refractivity contribution in [1.29, 1.82) is 0 Å². The smallest absolute Gasteiger partial charge is 0.245 e. The van der Waals surface area contributed by atoms with Gasteiger partial charge in [-0.25, -0.2) is 0 Å². The van der Waals surface area contributed by atoms with Crippen molar-refractivity contribution in [3.05, 3.63) is 108 Å². The van der Waals surface area contributed by atoms with Gasteiger partial charge in [-0.05, 0) is 85.3 Å². The van der Waals surface area contributed by atoms with E-state index in [1.54, 1.807) is 54.7 Å². The van der Waals surface area contributed by atoms with E-state index < -0.39 is 71.6 Å². The molecule has 5 amide bonds. The molecule has 4 aromatic carbocycles. The highest BCUT2D eigenvalue weighted by Crippen LogP contribution is 2.28. The number of thiol groups is 1. The van der Waals surface area contributed by atoms with E-state index in [-0.39, 0.29) is 42.0 Å². The molecule has 62 heavy (non-hydrogen) atoms. The van der Waals surface area contributed by atoms with Crippen LogP contribution >= 0.6 is 12.6 Å². The number of ketones is 1. The molecular weight excluding hydrogens is 813 g/mol. The number of aromatic nitrogens is 1. The Labute approximate surface area is 364 Å². The fourth-order valence-corrected chi connectivity index (χ4v) is 7.40. The van der Waals surface area contributed by atoms with Crippen LogP contribution in [0.4, 0.5) is 5.69 Å². The number of aromatic hydroxyl groups is 1. The highest BCUT2D eigenvalue weighted by atomic mass is 32.1. The number of phenols is 1. The van der Waals surface area contributed by atoms with Crippen LogP contribution in [0.1, 0.15) is 54.6 Å². The molecule has 5 aromatic rings. The van der Waals surface area contributed by atoms with Gasteiger partial charge in [0.25, 0.3) is 0 Å². The lowest BCUT2D eigenvalue weighted by molar-refractivity contribution is -0.135. The standard InChI is InChI=1S/C45H54N8O8S/c1-25(54)40(45(61)52-38(24-62)41(57)39-32-11-4-3-9-28(32)16-19-35(39)49-26(2)55)53-43(59)36(13-7-8-20-46)50-44(60)37(22-29-23-48-34-12-6-5-10-31(29)34)51-42(58)33(47)21-27-14-17-30(56)18-15-27/h3-6,9-12,14-19,23,25,33,36-38,40,48,54,56,62H,7-8,13,20-22,24,46-47H2,1-2H3,(H,49,55)(H,50,60)(H,51,58)(H,52,61)(H,53,59)/t25-,33?,36?,37-,38?,40+/m1/s1. The summed E-state index contributed by atoms with van der Waals surface area (Å²) in [5.41, 5.74) is 14.6. The molecule has 0 bridgehead atoms. The second kappa shape index (κ2) is 22.0. The third-order valence-corrected chi connectivity index (χ3v) is 10.8. The van der Waals surface area contributed by atoms with Crippen molar-refractivity contribution in [2.24, 2.45) is 11.5 Å². The summed E-state index contributed by atoms with van der Waals surface area (Å²) < 4.78 is 0. The van der Waals surface area contributed by atoms with Crippen molar-refractivity contribution in [1.82, 2.24) is 26.3 Å². The number of fused-ring (bicyclic) bond motifs is 2. The second-order valence-electron chi connectivity index (χ2n) is 15.2. The number of rotatable bonds is 21. The van der Waals surface area contributed by atoms with Crippen LogP contribution in [-0.2, 0) is 36.8 Å². The van der Waals surface area contributed by atoms with Crippen molar-refractivity contribution in [3.63, 3.8) is 0 Å². The molecule has 16 nitrogen and oxygen atoms in total. The minimum Gasteiger partial charge on any atom is -0.508 e. The van der Waals surface area contributed by atoms with E-state index in [0.29, 0.717) is 41.3 Å². The Balaban J connectivity index is 1.36. The third kappa shape index (κ3) is 12.2. The Bertz CT molecular complexity index is 2390. The number of Topliss-reactive ketones (excluding diaryl/α,β-unsaturated/α-hetero) is 1. The zero-order valence-corrected chi connectivity index (χ0v) is 35.4. The number of unbranched alkanes of at least 4 members (excludes halogenated alkanes) is 1. The largest absolute Gasteiger partial charge is 0.508 e. The summed E-state index contributed by atoms with van der Waals surface area (Å²) in [7, 11) is 0. The fourth-order valence-electron chi connectivity index (χ4n) is 7.14. The molecule has 0 spiro atoms. The van der Waals surface area contributed by atoms with E-state index in [2.05, 4.69) is 44.2 Å². The Kier molecular flexibility index (Phi) is 16.6. The van der Waals surface area contributed by atoms with Gasteiger partial charge >= 0.3 is 0 Å². The van der Waals surface area contributed by atoms with Gasteiger partial charge in [-0.3, -0.25) is 28.8 Å². The third-order valence-electron chi connectivity index (χ3n) is 10.4. The molecule has 0 aliphatic heterocycles. The summed E-state index contributed by atoms with van der Waals surface area (Å²) in [5, 5.41) is 35.9. The van der Waals surface area contributed by atoms with Crippen LogP contribution in [0.3, 0.4) is 0 Å². The topological polar surface area (TPSA) is 271 Å². The molecule has 0 saturated carbocycles. The second-order valence-corrected chi connectivity index (χ2v) is 15.5. The van der Waals surface area contributed by atoms with Crippen molar-refractivity contribution < 1.29 is 39.0 Å². The zero-order valence-electron chi connectivity index (χ0n) is 34.5. The van der Waals surface area contributed by atoms with Gasteiger partial charge in [-0.1, -0.05) is 60.7 Å². The average molecular weight is 867 g/mol. The number of aliphatic hydroxyl groups is 1. The van der Waals surface area contributed by atoms with Gasteiger partial charge in [-0.15, -0.1) is 0 Å². The van der Waals surface area contributed by atoms with Crippen molar-refractivity contribution in [2.45, 2.75) is 82.3 Å². The Hall–Kier alpha value is -6.27. The number of anilines is 1. The number of phenolic OH excluding ortho intramolecular Hbond substituents is 1. The molecule has 328 valence electrons. The van der Waals surface area contributed by atoms with Gasteiger partial charge in [0.05, 0.1) is 23.4 Å². The van der Waals surface area contributed by atoms with E-state index in [4.69, 9.17) is 11.5 Å². The lowest BCUT2D eigenvalue weighted by Gasteiger charge is -2.28. The first-order chi connectivity index (χ1) is 29.7. The number of nitrogens with one attached hydrogen (secondary N) is 6. The molecule has 0 fully saturated rings. The molecule has 5 rings (SSSR count). The number of para-hydroxylation sites is 1. The van der Waals surface area contributed by atoms with Gasteiger partial charge in [0.2, 0.25) is 29.5 Å². The molecule has 0 aliphatic rings. The maximum atomic E-state index is 14.2. The summed E-state index contributed by atoms with van der Waals surface area (Å²) in [6.07, 6.45) is 1.38. The summed E-state index contributed by atoms with van der Waals surface area (Å²) in [5.74, 6) is -4.15. The number of carbonyl (C=O) groups excluding carboxylic acids is 6. The normalized spacial score (nSPS) is 14.2. The van der Waals surface area contributed by atoms with Gasteiger partial charge in [-0.2, -0.15) is 12.6 Å². The Morgan fingerprint density at radius 1 is 0.742 bits per heavy atom. The highest BCUT2D eigenvalue weighted by molar-refractivity contribution is 7.80. The van der Waals surface area contributed by atoms with E-state index in [1.807, 2.05) is 24.3 Å². The number of nitrogens with two attached hydrogens (primary N) is 2. The SMILES string of the molecule is CC(=O)Nc1ccc2ccccc2c1C(=O)C(CS)NC(=O)[C@@H](NC(=O)C(CCCCN)NC(=O)[C@@H](Cc1c[nH]c2ccccc12)NC(=O)C(N)Cc1ccc(O)cc1)[C@@H](C)O. The van der Waals surface area contributed by atoms with Crippen LogP contribution in [0, 0.1) is 0 Å². The molecule has 6 atom stereocenters. The Morgan fingerprint density at radius 3 is 2.06 bits per heavy atom. The number of carbonyl (C=O) groups is 6. The summed E-state index contributed by atoms with van der Waals surface area (Å²) in [4.78, 5) is 85.1. The van der Waals surface area contributed by atoms with Crippen LogP contribution in [0.5, 0.6) is 5.75 Å². The molecule has 0 saturated heterocycles. The highest BCUT2D eigenvalue weighted by Gasteiger charge is 2.34. The minimum atomic E-state index is -1.59. The van der Waals surface area contributed by atoms with E-state index in [0.717, 1.165) is 10.9 Å². The molecule has 17 heteroatoms. The van der Waals surface area contributed by atoms with Crippen molar-refractivity contribution >= 4 is 75.3 Å². The molecule has 1 heterocycles. The predicted octanol–water partition coefficient (Wildman–Crippen LogP) is 2.36. The van der Waals surface area contributed by atoms with E-state index >= 15 is 0 Å². The van der Waals surface area contributed by atoms with Crippen molar-refractivity contribution in [2.75, 3.05) is 17.6 Å². The summed E-state index contributed by atoms with van der Waals surface area (Å²) in [6, 6.07) is 17.7. The van der Waals surface area contributed by atoms with Gasteiger partial charge in [0, 0.05) is 36.2 Å². The molecular formula is C45H54N8O8S. The maximum Gasteiger partial charge on any atom is 0.245 e. The lowest BCUT2D eigenvalue weighted by atomic mass is 9.95. The first-order valence-corrected chi connectivity index (χ1v) is 21.0. The molecule has 0 aliphatic carbocycles. The van der Waals surface area contributed by atoms with E-state index in [9.17, 15) is 39.0 Å². The van der Waals surface area contributed by atoms with Crippen LogP contribution in [0.15, 0.2) is 91.1 Å². The lowest BCUT2D eigenvalue weighted by Crippen LogP contribution is -2.61. The number of H-pyrrole nitrogens is 1. The fraction of sp³-hybridized carbons (Fsp3) is 0.333. The molecule has 12 N–H and O–H groups in total. The van der Waals surface area contributed by atoms with Crippen LogP contribution < -0.4 is 38.1 Å². The van der Waals surface area contributed by atoms with E-state index in [1.165, 1.54) is 26.0 Å². The number of aromatic amines is 1. The number of hydrogen-bond donors (Lipinski definition) is 11. The van der Waals surface area contributed by atoms with Crippen LogP contribution in [-0.4, -0.2) is 99.1 Å². The zero-order chi connectivity index (χ0) is 44.9. The van der Waals surface area contributed by atoms with Crippen molar-refractivity contribution in [3.8, 4) is 5.75 Å². The van der Waals surface area contributed by atoms with Crippen LogP contribution in [0.2, 0.25) is 0 Å². The van der Waals surface area contributed by atoms with Crippen LogP contribution in [0.25, 0.3) is 21.7 Å². The minimum absolute atomic E-state index is 0.0167. The first kappa shape index (κ1) is 46.8. The molecule has 0 radical (unpaired) electrons. The van der Waals surface area contributed by atoms with Gasteiger partial charge in [0.15, 0.2) is 5.78 Å². The predicted molar refractivity (Wildman–Crippen MR) is 241 cm³/mol. The van der Waals surface area contributed by atoms with Gasteiger partial charge < -0.3 is 53.2 Å². The number of aliphatic hydroxyl groups excluding tert-OH is 1. The molecule has 1 aromatic heterocycles. The number of hydrogen-bond acceptors (Lipinski definition) is 11. The summed E-state index contributed by atoms with van der Waals surface area (Å²) >= 11 is 4.34. The molecule has 3 unspecified atom stereocenters. The summed E-state index contributed by atoms with van der Waals surface area (Å²) in [6.45, 7) is 2.90.